The van der Waals surface area contributed by atoms with E-state index in [1.165, 1.54) is 17.3 Å². The van der Waals surface area contributed by atoms with E-state index in [1.54, 1.807) is 0 Å². The van der Waals surface area contributed by atoms with Gasteiger partial charge in [-0.05, 0) is 47.8 Å². The van der Waals surface area contributed by atoms with E-state index in [9.17, 15) is 9.59 Å². The molecule has 8 heteroatoms. The number of fused-ring (bicyclic) bond motifs is 1. The number of carbonyl (C=O) groups is 2. The number of hydrogen-bond donors (Lipinski definition) is 1. The van der Waals surface area contributed by atoms with Crippen molar-refractivity contribution in [2.75, 3.05) is 13.2 Å². The molecule has 0 aliphatic carbocycles. The summed E-state index contributed by atoms with van der Waals surface area (Å²) >= 11 is 1.48. The second-order valence-electron chi connectivity index (χ2n) is 10.4. The van der Waals surface area contributed by atoms with Gasteiger partial charge in [-0.1, -0.05) is 80.2 Å². The Kier molecular flexibility index (Phi) is 8.53. The molecule has 0 radical (unpaired) electrons. The van der Waals surface area contributed by atoms with Crippen LogP contribution < -0.4 is 5.32 Å². The molecule has 1 amide bonds. The third-order valence-electron chi connectivity index (χ3n) is 7.24. The lowest BCUT2D eigenvalue weighted by molar-refractivity contribution is -0.141. The van der Waals surface area contributed by atoms with Gasteiger partial charge in [0.15, 0.2) is 5.17 Å². The fraction of sp³-hybridized carbons (Fsp3) is 0.387. The number of aliphatic imine (C=N–C) groups is 1. The number of nitrogens with one attached hydrogen (secondary N) is 1. The highest BCUT2D eigenvalue weighted by Crippen LogP contribution is 2.45. The van der Waals surface area contributed by atoms with Gasteiger partial charge in [0.05, 0.1) is 29.8 Å². The number of hydrogen-bond acceptors (Lipinski definition) is 7. The summed E-state index contributed by atoms with van der Waals surface area (Å²) in [6.07, 6.45) is 2.26. The van der Waals surface area contributed by atoms with Crippen molar-refractivity contribution >= 4 is 28.8 Å². The van der Waals surface area contributed by atoms with Crippen molar-refractivity contribution in [3.8, 4) is 0 Å². The molecular weight excluding hydrogens is 510 g/mol. The molecule has 3 aliphatic heterocycles. The van der Waals surface area contributed by atoms with E-state index in [1.807, 2.05) is 47.6 Å². The molecule has 1 fully saturated rings. The van der Waals surface area contributed by atoms with Crippen LogP contribution in [0.15, 0.2) is 82.0 Å². The number of thioether (sulfide) groups is 1. The van der Waals surface area contributed by atoms with Gasteiger partial charge < -0.3 is 19.7 Å². The fourth-order valence-corrected chi connectivity index (χ4v) is 6.03. The van der Waals surface area contributed by atoms with Gasteiger partial charge in [0.1, 0.15) is 6.61 Å². The quantitative estimate of drug-likeness (QED) is 0.401. The van der Waals surface area contributed by atoms with Crippen LogP contribution in [0.2, 0.25) is 0 Å². The summed E-state index contributed by atoms with van der Waals surface area (Å²) in [7, 11) is 0. The van der Waals surface area contributed by atoms with Gasteiger partial charge in [-0.2, -0.15) is 0 Å². The van der Waals surface area contributed by atoms with Crippen LogP contribution in [0.1, 0.15) is 68.7 Å². The van der Waals surface area contributed by atoms with Crippen LogP contribution in [0, 0.1) is 0 Å². The predicted octanol–water partition coefficient (Wildman–Crippen LogP) is 5.81. The molecule has 39 heavy (non-hydrogen) atoms. The normalized spacial score (nSPS) is 20.6. The summed E-state index contributed by atoms with van der Waals surface area (Å²) in [5.41, 5.74) is 5.01. The number of benzene rings is 2. The van der Waals surface area contributed by atoms with Gasteiger partial charge >= 0.3 is 5.97 Å². The van der Waals surface area contributed by atoms with E-state index in [2.05, 4.69) is 43.4 Å². The van der Waals surface area contributed by atoms with Crippen molar-refractivity contribution in [2.45, 2.75) is 64.7 Å². The zero-order valence-corrected chi connectivity index (χ0v) is 23.5. The summed E-state index contributed by atoms with van der Waals surface area (Å²) in [4.78, 5) is 33.3. The minimum absolute atomic E-state index is 0.0769. The largest absolute Gasteiger partial charge is 0.457 e. The average molecular weight is 546 g/mol. The van der Waals surface area contributed by atoms with Gasteiger partial charge in [0, 0.05) is 18.8 Å². The van der Waals surface area contributed by atoms with Crippen LogP contribution in [-0.2, 0) is 25.7 Å². The Balaban J connectivity index is 1.41. The average Bonchev–Trinajstić information content (AvgIpc) is 3.60. The minimum atomic E-state index is -0.450. The van der Waals surface area contributed by atoms with Crippen molar-refractivity contribution in [2.24, 2.45) is 4.99 Å². The van der Waals surface area contributed by atoms with Gasteiger partial charge in [0.2, 0.25) is 5.91 Å². The van der Waals surface area contributed by atoms with E-state index < -0.39 is 12.0 Å². The summed E-state index contributed by atoms with van der Waals surface area (Å²) in [5.74, 6) is -0.0939. The molecule has 2 aromatic carbocycles. The summed E-state index contributed by atoms with van der Waals surface area (Å²) in [6.45, 7) is 7.60. The van der Waals surface area contributed by atoms with E-state index in [4.69, 9.17) is 14.5 Å². The molecule has 5 rings (SSSR count). The SMILES string of the molecule is CC1=C(C(=O)OCc2ccccc2)C(c2ccc(C(C)C)cc2)N2C(CC(=O)NCC3CCCO3)=CSC2=N1. The molecule has 1 saturated heterocycles. The lowest BCUT2D eigenvalue weighted by Crippen LogP contribution is -2.38. The third kappa shape index (κ3) is 6.28. The molecule has 204 valence electrons. The Labute approximate surface area is 234 Å². The van der Waals surface area contributed by atoms with E-state index in [-0.39, 0.29) is 25.0 Å². The van der Waals surface area contributed by atoms with E-state index in [0.717, 1.165) is 41.4 Å². The number of allylic oxidation sites excluding steroid dienone is 1. The maximum atomic E-state index is 13.6. The monoisotopic (exact) mass is 545 g/mol. The highest BCUT2D eigenvalue weighted by atomic mass is 32.2. The van der Waals surface area contributed by atoms with Gasteiger partial charge in [0.25, 0.3) is 0 Å². The van der Waals surface area contributed by atoms with Crippen LogP contribution >= 0.6 is 11.8 Å². The van der Waals surface area contributed by atoms with E-state index in [0.29, 0.717) is 23.7 Å². The Morgan fingerprint density at radius 2 is 1.92 bits per heavy atom. The maximum Gasteiger partial charge on any atom is 0.338 e. The molecule has 0 bridgehead atoms. The highest BCUT2D eigenvalue weighted by Gasteiger charge is 2.41. The lowest BCUT2D eigenvalue weighted by atomic mass is 9.92. The molecule has 0 saturated carbocycles. The van der Waals surface area contributed by atoms with Crippen LogP contribution in [0.4, 0.5) is 0 Å². The van der Waals surface area contributed by atoms with Crippen molar-refractivity contribution in [3.05, 3.63) is 93.7 Å². The highest BCUT2D eigenvalue weighted by molar-refractivity contribution is 8.16. The summed E-state index contributed by atoms with van der Waals surface area (Å²) in [6, 6.07) is 17.5. The van der Waals surface area contributed by atoms with Gasteiger partial charge in [-0.15, -0.1) is 0 Å². The lowest BCUT2D eigenvalue weighted by Gasteiger charge is -2.36. The molecule has 2 aromatic rings. The number of carbonyl (C=O) groups excluding carboxylic acids is 2. The first kappa shape index (κ1) is 27.2. The Hall–Kier alpha value is -3.36. The van der Waals surface area contributed by atoms with Crippen LogP contribution in [0.3, 0.4) is 0 Å². The molecule has 7 nitrogen and oxygen atoms in total. The predicted molar refractivity (Wildman–Crippen MR) is 154 cm³/mol. The van der Waals surface area contributed by atoms with Crippen molar-refractivity contribution in [1.82, 2.24) is 10.2 Å². The zero-order chi connectivity index (χ0) is 27.4. The number of amides is 1. The standard InChI is InChI=1S/C31H35N3O4S/c1-20(2)23-11-13-24(14-12-23)29-28(30(36)38-18-22-8-5-4-6-9-22)21(3)33-31-34(29)25(19-39-31)16-27(35)32-17-26-10-7-15-37-26/h4-6,8-9,11-14,19-20,26,29H,7,10,15-18H2,1-3H3,(H,32,35). The van der Waals surface area contributed by atoms with Gasteiger partial charge in [-0.3, -0.25) is 4.79 Å². The minimum Gasteiger partial charge on any atom is -0.457 e. The Morgan fingerprint density at radius 1 is 1.15 bits per heavy atom. The first-order chi connectivity index (χ1) is 18.9. The molecule has 0 spiro atoms. The van der Waals surface area contributed by atoms with Crippen LogP contribution in [-0.4, -0.2) is 41.2 Å². The second-order valence-corrected chi connectivity index (χ2v) is 11.2. The first-order valence-corrected chi connectivity index (χ1v) is 14.4. The van der Waals surface area contributed by atoms with Crippen LogP contribution in [0.25, 0.3) is 0 Å². The molecule has 0 aromatic heterocycles. The molecule has 3 heterocycles. The Morgan fingerprint density at radius 3 is 2.62 bits per heavy atom. The zero-order valence-electron chi connectivity index (χ0n) is 22.7. The number of rotatable bonds is 9. The molecule has 2 atom stereocenters. The molecule has 3 aliphatic rings. The van der Waals surface area contributed by atoms with Gasteiger partial charge in [-0.25, -0.2) is 9.79 Å². The summed E-state index contributed by atoms with van der Waals surface area (Å²) < 4.78 is 11.4. The van der Waals surface area contributed by atoms with Crippen LogP contribution in [0.5, 0.6) is 0 Å². The number of esters is 1. The first-order valence-electron chi connectivity index (χ1n) is 13.5. The maximum absolute atomic E-state index is 13.6. The number of ether oxygens (including phenoxy) is 2. The number of amidine groups is 1. The second kappa shape index (κ2) is 12.2. The van der Waals surface area contributed by atoms with Crippen molar-refractivity contribution in [3.63, 3.8) is 0 Å². The molecule has 1 N–H and O–H groups in total. The van der Waals surface area contributed by atoms with E-state index >= 15 is 0 Å². The van der Waals surface area contributed by atoms with Crippen molar-refractivity contribution in [1.29, 1.82) is 0 Å². The fourth-order valence-electron chi connectivity index (χ4n) is 5.07. The Bertz CT molecular complexity index is 1290. The van der Waals surface area contributed by atoms with Crippen molar-refractivity contribution < 1.29 is 19.1 Å². The summed E-state index contributed by atoms with van der Waals surface area (Å²) in [5, 5.41) is 5.74. The third-order valence-corrected chi connectivity index (χ3v) is 8.13. The topological polar surface area (TPSA) is 80.2 Å². The number of nitrogens with zero attached hydrogens (tertiary/aromatic N) is 2. The molecular formula is C31H35N3O4S. The molecule has 2 unspecified atom stereocenters. The smallest absolute Gasteiger partial charge is 0.338 e.